The molecular formula is C27H23Br2N3O5. The molecule has 0 spiro atoms. The summed E-state index contributed by atoms with van der Waals surface area (Å²) in [5.74, 6) is -0.175. The number of amides is 1. The van der Waals surface area contributed by atoms with Crippen LogP contribution in [-0.4, -0.2) is 28.7 Å². The second kappa shape index (κ2) is 11.7. The second-order valence-electron chi connectivity index (χ2n) is 8.23. The van der Waals surface area contributed by atoms with Gasteiger partial charge < -0.3 is 14.8 Å². The first-order valence-electron chi connectivity index (χ1n) is 11.3. The molecule has 1 amide bonds. The van der Waals surface area contributed by atoms with E-state index in [1.807, 2.05) is 30.3 Å². The van der Waals surface area contributed by atoms with E-state index in [0.29, 0.717) is 22.2 Å². The smallest absolute Gasteiger partial charge is 0.408 e. The van der Waals surface area contributed by atoms with Crippen molar-refractivity contribution in [3.63, 3.8) is 0 Å². The van der Waals surface area contributed by atoms with Gasteiger partial charge in [-0.05, 0) is 54.4 Å². The third kappa shape index (κ3) is 6.26. The Hall–Kier alpha value is -3.50. The first-order chi connectivity index (χ1) is 17.8. The van der Waals surface area contributed by atoms with E-state index in [1.165, 1.54) is 11.7 Å². The number of fused-ring (bicyclic) bond motifs is 1. The van der Waals surface area contributed by atoms with E-state index in [9.17, 15) is 14.4 Å². The summed E-state index contributed by atoms with van der Waals surface area (Å²) in [6, 6.07) is 19.0. The van der Waals surface area contributed by atoms with Crippen LogP contribution in [0.2, 0.25) is 0 Å². The molecule has 4 aromatic rings. The molecule has 0 aliphatic carbocycles. The molecule has 0 radical (unpaired) electrons. The van der Waals surface area contributed by atoms with Crippen LogP contribution in [0, 0.1) is 0 Å². The molecule has 0 fully saturated rings. The SMILES string of the molecule is COC(=O)Cc1cc(Br)ccc1-n1c([C@H](C)NC(=O)OCc2ccccc2)nc2ccc(Br)cc2c1=O. The molecule has 3 aromatic carbocycles. The fourth-order valence-electron chi connectivity index (χ4n) is 3.85. The Balaban J connectivity index is 1.78. The van der Waals surface area contributed by atoms with Gasteiger partial charge in [0.05, 0.1) is 36.2 Å². The van der Waals surface area contributed by atoms with Gasteiger partial charge in [0.2, 0.25) is 0 Å². The predicted octanol–water partition coefficient (Wildman–Crippen LogP) is 5.61. The zero-order valence-electron chi connectivity index (χ0n) is 20.0. The third-order valence-corrected chi connectivity index (χ3v) is 6.62. The Kier molecular flexibility index (Phi) is 8.40. The zero-order chi connectivity index (χ0) is 26.5. The summed E-state index contributed by atoms with van der Waals surface area (Å²) in [4.78, 5) is 43.3. The lowest BCUT2D eigenvalue weighted by molar-refractivity contribution is -0.139. The number of carbonyl (C=O) groups is 2. The maximum Gasteiger partial charge on any atom is 0.408 e. The van der Waals surface area contributed by atoms with Crippen molar-refractivity contribution in [2.45, 2.75) is 26.0 Å². The predicted molar refractivity (Wildman–Crippen MR) is 147 cm³/mol. The van der Waals surface area contributed by atoms with Gasteiger partial charge >= 0.3 is 12.1 Å². The molecule has 0 saturated heterocycles. The van der Waals surface area contributed by atoms with Crippen LogP contribution in [0.15, 0.2) is 80.5 Å². The van der Waals surface area contributed by atoms with Gasteiger partial charge in [0.25, 0.3) is 5.56 Å². The molecule has 0 saturated carbocycles. The van der Waals surface area contributed by atoms with Gasteiger partial charge in [-0.15, -0.1) is 0 Å². The quantitative estimate of drug-likeness (QED) is 0.267. The van der Waals surface area contributed by atoms with E-state index in [-0.39, 0.29) is 24.4 Å². The second-order valence-corrected chi connectivity index (χ2v) is 10.1. The summed E-state index contributed by atoms with van der Waals surface area (Å²) in [7, 11) is 1.31. The molecule has 1 aromatic heterocycles. The fourth-order valence-corrected chi connectivity index (χ4v) is 4.62. The van der Waals surface area contributed by atoms with Crippen LogP contribution in [0.3, 0.4) is 0 Å². The van der Waals surface area contributed by atoms with E-state index in [0.717, 1.165) is 14.5 Å². The van der Waals surface area contributed by atoms with E-state index >= 15 is 0 Å². The number of benzene rings is 3. The number of halogens is 2. The first-order valence-corrected chi connectivity index (χ1v) is 12.9. The standard InChI is InChI=1S/C27H23Br2N3O5/c1-16(30-27(35)37-15-17-6-4-3-5-7-17)25-31-22-10-8-20(29)14-21(22)26(34)32(25)23-11-9-19(28)12-18(23)13-24(33)36-2/h3-12,14,16H,13,15H2,1-2H3,(H,30,35)/t16-/m0/s1. The lowest BCUT2D eigenvalue weighted by atomic mass is 10.1. The molecule has 0 unspecified atom stereocenters. The number of aromatic nitrogens is 2. The number of hydrogen-bond donors (Lipinski definition) is 1. The molecule has 190 valence electrons. The lowest BCUT2D eigenvalue weighted by Gasteiger charge is -2.21. The van der Waals surface area contributed by atoms with Gasteiger partial charge in [0.1, 0.15) is 12.4 Å². The van der Waals surface area contributed by atoms with Gasteiger partial charge in [-0.2, -0.15) is 0 Å². The van der Waals surface area contributed by atoms with Gasteiger partial charge in [0, 0.05) is 8.95 Å². The van der Waals surface area contributed by atoms with Crippen molar-refractivity contribution in [1.29, 1.82) is 0 Å². The molecule has 0 aliphatic rings. The van der Waals surface area contributed by atoms with Crippen LogP contribution in [0.1, 0.15) is 29.9 Å². The van der Waals surface area contributed by atoms with E-state index in [4.69, 9.17) is 14.5 Å². The van der Waals surface area contributed by atoms with Crippen molar-refractivity contribution in [3.8, 4) is 5.69 Å². The van der Waals surface area contributed by atoms with Crippen LogP contribution in [0.5, 0.6) is 0 Å². The minimum atomic E-state index is -0.710. The average Bonchev–Trinajstić information content (AvgIpc) is 2.89. The van der Waals surface area contributed by atoms with Crippen molar-refractivity contribution < 1.29 is 19.1 Å². The van der Waals surface area contributed by atoms with Gasteiger partial charge in [-0.25, -0.2) is 9.78 Å². The molecule has 0 bridgehead atoms. The fraction of sp³-hybridized carbons (Fsp3) is 0.185. The summed E-state index contributed by atoms with van der Waals surface area (Å²) in [5.41, 5.74) is 1.98. The number of hydrogen-bond acceptors (Lipinski definition) is 6. The summed E-state index contributed by atoms with van der Waals surface area (Å²) in [6.45, 7) is 1.81. The summed E-state index contributed by atoms with van der Waals surface area (Å²) < 4.78 is 13.1. The van der Waals surface area contributed by atoms with Crippen LogP contribution in [-0.2, 0) is 27.3 Å². The normalized spacial score (nSPS) is 11.7. The third-order valence-electron chi connectivity index (χ3n) is 5.64. The van der Waals surface area contributed by atoms with Gasteiger partial charge in [-0.1, -0.05) is 62.2 Å². The van der Waals surface area contributed by atoms with Crippen LogP contribution >= 0.6 is 31.9 Å². The highest BCUT2D eigenvalue weighted by molar-refractivity contribution is 9.10. The minimum Gasteiger partial charge on any atom is -0.469 e. The first kappa shape index (κ1) is 26.6. The highest BCUT2D eigenvalue weighted by Gasteiger charge is 2.23. The van der Waals surface area contributed by atoms with Crippen LogP contribution in [0.4, 0.5) is 4.79 Å². The maximum atomic E-state index is 13.8. The van der Waals surface area contributed by atoms with Crippen molar-refractivity contribution in [1.82, 2.24) is 14.9 Å². The molecule has 8 nitrogen and oxygen atoms in total. The summed E-state index contributed by atoms with van der Waals surface area (Å²) in [6.07, 6.45) is -0.715. The molecule has 37 heavy (non-hydrogen) atoms. The van der Waals surface area contributed by atoms with Gasteiger partial charge in [0.15, 0.2) is 0 Å². The molecular weight excluding hydrogens is 606 g/mol. The summed E-state index contributed by atoms with van der Waals surface area (Å²) in [5, 5.41) is 3.15. The number of methoxy groups -OCH3 is 1. The topological polar surface area (TPSA) is 99.5 Å². The lowest BCUT2D eigenvalue weighted by Crippen LogP contribution is -2.34. The van der Waals surface area contributed by atoms with Crippen molar-refractivity contribution in [2.75, 3.05) is 7.11 Å². The number of nitrogens with one attached hydrogen (secondary N) is 1. The zero-order valence-corrected chi connectivity index (χ0v) is 23.2. The average molecular weight is 629 g/mol. The Labute approximate surface area is 229 Å². The molecule has 1 atom stereocenters. The van der Waals surface area contributed by atoms with E-state index < -0.39 is 18.1 Å². The van der Waals surface area contributed by atoms with Gasteiger partial charge in [-0.3, -0.25) is 14.2 Å². The molecule has 1 heterocycles. The maximum absolute atomic E-state index is 13.8. The monoisotopic (exact) mass is 627 g/mol. The Bertz CT molecular complexity index is 1520. The number of carbonyl (C=O) groups excluding carboxylic acids is 2. The van der Waals surface area contributed by atoms with E-state index in [1.54, 1.807) is 43.3 Å². The largest absolute Gasteiger partial charge is 0.469 e. The van der Waals surface area contributed by atoms with Crippen molar-refractivity contribution >= 4 is 54.8 Å². The van der Waals surface area contributed by atoms with Crippen molar-refractivity contribution in [2.24, 2.45) is 0 Å². The number of rotatable bonds is 7. The minimum absolute atomic E-state index is 0.0609. The van der Waals surface area contributed by atoms with Crippen LogP contribution < -0.4 is 10.9 Å². The Morgan fingerprint density at radius 3 is 2.46 bits per heavy atom. The molecule has 0 aliphatic heterocycles. The van der Waals surface area contributed by atoms with Crippen molar-refractivity contribution in [3.05, 3.63) is 103 Å². The van der Waals surface area contributed by atoms with E-state index in [2.05, 4.69) is 37.2 Å². The Morgan fingerprint density at radius 1 is 1.03 bits per heavy atom. The Morgan fingerprint density at radius 2 is 1.73 bits per heavy atom. The number of alkyl carbamates (subject to hydrolysis) is 1. The molecule has 1 N–H and O–H groups in total. The molecule has 4 rings (SSSR count). The highest BCUT2D eigenvalue weighted by Crippen LogP contribution is 2.25. The number of ether oxygens (including phenoxy) is 2. The summed E-state index contributed by atoms with van der Waals surface area (Å²) >= 11 is 6.84. The van der Waals surface area contributed by atoms with Crippen LogP contribution in [0.25, 0.3) is 16.6 Å². The molecule has 10 heteroatoms. The highest BCUT2D eigenvalue weighted by atomic mass is 79.9. The number of nitrogens with zero attached hydrogens (tertiary/aromatic N) is 2. The number of esters is 1.